The van der Waals surface area contributed by atoms with Crippen molar-refractivity contribution in [2.75, 3.05) is 6.61 Å². The zero-order valence-corrected chi connectivity index (χ0v) is 11.6. The van der Waals surface area contributed by atoms with Crippen LogP contribution in [0.1, 0.15) is 38.7 Å². The zero-order chi connectivity index (χ0) is 12.8. The third-order valence-corrected chi connectivity index (χ3v) is 3.73. The van der Waals surface area contributed by atoms with Crippen molar-refractivity contribution in [2.24, 2.45) is 0 Å². The molecule has 100 valence electrons. The van der Waals surface area contributed by atoms with E-state index >= 15 is 0 Å². The van der Waals surface area contributed by atoms with E-state index in [-0.39, 0.29) is 0 Å². The average molecular weight is 247 g/mol. The van der Waals surface area contributed by atoms with E-state index in [4.69, 9.17) is 4.74 Å². The van der Waals surface area contributed by atoms with Crippen LogP contribution in [0.5, 0.6) is 0 Å². The summed E-state index contributed by atoms with van der Waals surface area (Å²) in [4.78, 5) is 0. The molecule has 1 aromatic carbocycles. The maximum atomic E-state index is 5.72. The summed E-state index contributed by atoms with van der Waals surface area (Å²) < 4.78 is 5.72. The lowest BCUT2D eigenvalue weighted by molar-refractivity contribution is -0.00158. The first-order valence-electron chi connectivity index (χ1n) is 7.19. The second-order valence-corrected chi connectivity index (χ2v) is 5.38. The Kier molecular flexibility index (Phi) is 5.21. The minimum atomic E-state index is 0.458. The maximum Gasteiger partial charge on any atom is 0.0587 e. The minimum Gasteiger partial charge on any atom is -0.378 e. The highest BCUT2D eigenvalue weighted by atomic mass is 16.5. The molecule has 1 fully saturated rings. The second-order valence-electron chi connectivity index (χ2n) is 5.38. The molecule has 1 aromatic rings. The molecule has 1 heterocycles. The minimum absolute atomic E-state index is 0.458. The third kappa shape index (κ3) is 4.11. The predicted octanol–water partition coefficient (Wildman–Crippen LogP) is 3.16. The van der Waals surface area contributed by atoms with Crippen LogP contribution in [0.15, 0.2) is 30.3 Å². The van der Waals surface area contributed by atoms with Crippen molar-refractivity contribution in [3.05, 3.63) is 35.9 Å². The van der Waals surface area contributed by atoms with Crippen LogP contribution in [0.4, 0.5) is 0 Å². The number of hydrogen-bond donors (Lipinski definition) is 1. The fraction of sp³-hybridized carbons (Fsp3) is 0.625. The van der Waals surface area contributed by atoms with Gasteiger partial charge in [0.15, 0.2) is 0 Å². The molecule has 1 saturated heterocycles. The van der Waals surface area contributed by atoms with Gasteiger partial charge in [0.2, 0.25) is 0 Å². The van der Waals surface area contributed by atoms with Crippen LogP contribution in [-0.4, -0.2) is 24.8 Å². The number of hydrogen-bond acceptors (Lipinski definition) is 2. The second kappa shape index (κ2) is 6.91. The Morgan fingerprint density at radius 2 is 2.11 bits per heavy atom. The molecule has 1 aliphatic heterocycles. The molecule has 0 spiro atoms. The number of nitrogens with one attached hydrogen (secondary N) is 1. The Morgan fingerprint density at radius 1 is 1.33 bits per heavy atom. The van der Waals surface area contributed by atoms with Crippen LogP contribution in [0.2, 0.25) is 0 Å². The summed E-state index contributed by atoms with van der Waals surface area (Å²) in [6, 6.07) is 11.9. The summed E-state index contributed by atoms with van der Waals surface area (Å²) in [5.41, 5.74) is 1.41. The van der Waals surface area contributed by atoms with Crippen LogP contribution >= 0.6 is 0 Å². The summed E-state index contributed by atoms with van der Waals surface area (Å²) in [5.74, 6) is 0. The van der Waals surface area contributed by atoms with E-state index in [0.717, 1.165) is 32.3 Å². The lowest BCUT2D eigenvalue weighted by Gasteiger charge is -2.31. The maximum absolute atomic E-state index is 5.72. The molecule has 1 aliphatic rings. The summed E-state index contributed by atoms with van der Waals surface area (Å²) >= 11 is 0. The van der Waals surface area contributed by atoms with E-state index in [1.807, 2.05) is 0 Å². The van der Waals surface area contributed by atoms with Gasteiger partial charge in [-0.25, -0.2) is 0 Å². The van der Waals surface area contributed by atoms with E-state index in [1.54, 1.807) is 0 Å². The molecule has 0 bridgehead atoms. The highest BCUT2D eigenvalue weighted by molar-refractivity contribution is 5.15. The largest absolute Gasteiger partial charge is 0.378 e. The highest BCUT2D eigenvalue weighted by Gasteiger charge is 2.22. The van der Waals surface area contributed by atoms with Crippen LogP contribution < -0.4 is 5.32 Å². The molecule has 0 aromatic heterocycles. The van der Waals surface area contributed by atoms with Crippen molar-refractivity contribution >= 4 is 0 Å². The number of benzene rings is 1. The van der Waals surface area contributed by atoms with E-state index < -0.39 is 0 Å². The Bertz CT molecular complexity index is 338. The molecule has 0 radical (unpaired) electrons. The molecule has 3 atom stereocenters. The lowest BCUT2D eigenvalue weighted by atomic mass is 9.99. The van der Waals surface area contributed by atoms with Gasteiger partial charge in [-0.05, 0) is 38.2 Å². The predicted molar refractivity (Wildman–Crippen MR) is 75.8 cm³/mol. The van der Waals surface area contributed by atoms with E-state index in [9.17, 15) is 0 Å². The summed E-state index contributed by atoms with van der Waals surface area (Å²) in [6.07, 6.45) is 5.01. The van der Waals surface area contributed by atoms with Crippen LogP contribution in [0.25, 0.3) is 0 Å². The SMILES string of the molecule is CCC1CC(NC(C)Cc2ccccc2)CCO1. The van der Waals surface area contributed by atoms with E-state index in [1.165, 1.54) is 5.56 Å². The fourth-order valence-corrected chi connectivity index (χ4v) is 2.75. The van der Waals surface area contributed by atoms with E-state index in [2.05, 4.69) is 49.5 Å². The van der Waals surface area contributed by atoms with Crippen molar-refractivity contribution in [1.82, 2.24) is 5.32 Å². The van der Waals surface area contributed by atoms with Gasteiger partial charge < -0.3 is 10.1 Å². The summed E-state index contributed by atoms with van der Waals surface area (Å²) in [7, 11) is 0. The molecule has 0 aliphatic carbocycles. The molecule has 0 saturated carbocycles. The van der Waals surface area contributed by atoms with Gasteiger partial charge in [-0.15, -0.1) is 0 Å². The first-order valence-corrected chi connectivity index (χ1v) is 7.19. The molecule has 2 heteroatoms. The third-order valence-electron chi connectivity index (χ3n) is 3.73. The Balaban J connectivity index is 1.78. The standard InChI is InChI=1S/C16H25NO/c1-3-16-12-15(9-10-18-16)17-13(2)11-14-7-5-4-6-8-14/h4-8,13,15-17H,3,9-12H2,1-2H3. The highest BCUT2D eigenvalue weighted by Crippen LogP contribution is 2.17. The Morgan fingerprint density at radius 3 is 2.83 bits per heavy atom. The van der Waals surface area contributed by atoms with Gasteiger partial charge in [0.05, 0.1) is 6.10 Å². The molecule has 2 nitrogen and oxygen atoms in total. The molecule has 1 N–H and O–H groups in total. The van der Waals surface area contributed by atoms with Gasteiger partial charge >= 0.3 is 0 Å². The van der Waals surface area contributed by atoms with Gasteiger partial charge in [0.1, 0.15) is 0 Å². The van der Waals surface area contributed by atoms with Gasteiger partial charge in [-0.2, -0.15) is 0 Å². The van der Waals surface area contributed by atoms with Crippen molar-refractivity contribution in [2.45, 2.75) is 57.7 Å². The topological polar surface area (TPSA) is 21.3 Å². The Labute approximate surface area is 111 Å². The van der Waals surface area contributed by atoms with Gasteiger partial charge in [0.25, 0.3) is 0 Å². The van der Waals surface area contributed by atoms with Gasteiger partial charge in [0, 0.05) is 18.7 Å². The molecule has 18 heavy (non-hydrogen) atoms. The molecule has 3 unspecified atom stereocenters. The van der Waals surface area contributed by atoms with Crippen LogP contribution in [-0.2, 0) is 11.2 Å². The van der Waals surface area contributed by atoms with E-state index in [0.29, 0.717) is 18.2 Å². The zero-order valence-electron chi connectivity index (χ0n) is 11.6. The van der Waals surface area contributed by atoms with Crippen molar-refractivity contribution in [1.29, 1.82) is 0 Å². The monoisotopic (exact) mass is 247 g/mol. The first-order chi connectivity index (χ1) is 8.78. The number of ether oxygens (including phenoxy) is 1. The number of rotatable bonds is 5. The smallest absolute Gasteiger partial charge is 0.0587 e. The summed E-state index contributed by atoms with van der Waals surface area (Å²) in [5, 5.41) is 3.75. The Hall–Kier alpha value is -0.860. The first kappa shape index (κ1) is 13.6. The summed E-state index contributed by atoms with van der Waals surface area (Å²) in [6.45, 7) is 5.40. The normalized spacial score (nSPS) is 25.9. The van der Waals surface area contributed by atoms with Crippen molar-refractivity contribution in [3.63, 3.8) is 0 Å². The lowest BCUT2D eigenvalue weighted by Crippen LogP contribution is -2.43. The average Bonchev–Trinajstić information content (AvgIpc) is 2.40. The quantitative estimate of drug-likeness (QED) is 0.863. The molecular formula is C16H25NO. The molecular weight excluding hydrogens is 222 g/mol. The van der Waals surface area contributed by atoms with Gasteiger partial charge in [-0.3, -0.25) is 0 Å². The van der Waals surface area contributed by atoms with Crippen LogP contribution in [0, 0.1) is 0 Å². The van der Waals surface area contributed by atoms with Crippen molar-refractivity contribution < 1.29 is 4.74 Å². The fourth-order valence-electron chi connectivity index (χ4n) is 2.75. The van der Waals surface area contributed by atoms with Gasteiger partial charge in [-0.1, -0.05) is 37.3 Å². The van der Waals surface area contributed by atoms with Crippen LogP contribution in [0.3, 0.4) is 0 Å². The molecule has 2 rings (SSSR count). The van der Waals surface area contributed by atoms with Crippen molar-refractivity contribution in [3.8, 4) is 0 Å². The molecule has 0 amide bonds.